The lowest BCUT2D eigenvalue weighted by Gasteiger charge is -2.20. The normalized spacial score (nSPS) is 11.6. The van der Waals surface area contributed by atoms with E-state index in [1.807, 2.05) is 6.07 Å². The van der Waals surface area contributed by atoms with Crippen LogP contribution in [0.4, 0.5) is 5.69 Å². The first-order valence-corrected chi connectivity index (χ1v) is 11.1. The summed E-state index contributed by atoms with van der Waals surface area (Å²) in [6, 6.07) is 9.39. The summed E-state index contributed by atoms with van der Waals surface area (Å²) in [5, 5.41) is 7.74. The second-order valence-electron chi connectivity index (χ2n) is 7.44. The summed E-state index contributed by atoms with van der Waals surface area (Å²) in [6.07, 6.45) is 1.46. The van der Waals surface area contributed by atoms with Gasteiger partial charge in [-0.1, -0.05) is 26.0 Å². The Hall–Kier alpha value is -3.66. The van der Waals surface area contributed by atoms with E-state index in [0.717, 1.165) is 0 Å². The predicted molar refractivity (Wildman–Crippen MR) is 122 cm³/mol. The SMILES string of the molecule is COc1ccccc1NC(=O)Cc1nc(COC(=O)[C@@H](NC(=O)c2ccco2)C(C)C)cs1. The van der Waals surface area contributed by atoms with E-state index in [1.54, 1.807) is 43.5 Å². The number of nitrogens with zero attached hydrogens (tertiary/aromatic N) is 1. The zero-order valence-corrected chi connectivity index (χ0v) is 19.3. The third-order valence-corrected chi connectivity index (χ3v) is 5.50. The van der Waals surface area contributed by atoms with E-state index in [4.69, 9.17) is 13.9 Å². The fraction of sp³-hybridized carbons (Fsp3) is 0.304. The minimum Gasteiger partial charge on any atom is -0.495 e. The number of methoxy groups -OCH3 is 1. The van der Waals surface area contributed by atoms with Gasteiger partial charge in [-0.25, -0.2) is 9.78 Å². The number of amides is 2. The first-order valence-electron chi connectivity index (χ1n) is 10.2. The molecule has 1 atom stereocenters. The maximum Gasteiger partial charge on any atom is 0.329 e. The highest BCUT2D eigenvalue weighted by Crippen LogP contribution is 2.23. The molecule has 9 nitrogen and oxygen atoms in total. The molecule has 3 aromatic rings. The maximum atomic E-state index is 12.5. The molecule has 2 N–H and O–H groups in total. The molecule has 1 aromatic carbocycles. The van der Waals surface area contributed by atoms with Gasteiger partial charge in [-0.2, -0.15) is 0 Å². The van der Waals surface area contributed by atoms with Gasteiger partial charge in [0.25, 0.3) is 5.91 Å². The van der Waals surface area contributed by atoms with Gasteiger partial charge in [-0.05, 0) is 30.2 Å². The molecule has 3 rings (SSSR count). The van der Waals surface area contributed by atoms with E-state index in [9.17, 15) is 14.4 Å². The van der Waals surface area contributed by atoms with Crippen molar-refractivity contribution < 1.29 is 28.3 Å². The summed E-state index contributed by atoms with van der Waals surface area (Å²) in [7, 11) is 1.53. The van der Waals surface area contributed by atoms with E-state index < -0.39 is 17.9 Å². The lowest BCUT2D eigenvalue weighted by Crippen LogP contribution is -2.45. The van der Waals surface area contributed by atoms with Gasteiger partial charge in [0.15, 0.2) is 5.76 Å². The molecule has 0 aliphatic heterocycles. The Morgan fingerprint density at radius 2 is 1.94 bits per heavy atom. The molecule has 0 unspecified atom stereocenters. The van der Waals surface area contributed by atoms with Crippen LogP contribution in [0.5, 0.6) is 5.75 Å². The van der Waals surface area contributed by atoms with Gasteiger partial charge >= 0.3 is 5.97 Å². The number of para-hydroxylation sites is 2. The van der Waals surface area contributed by atoms with Crippen LogP contribution in [-0.4, -0.2) is 35.9 Å². The van der Waals surface area contributed by atoms with Gasteiger partial charge < -0.3 is 24.5 Å². The number of carbonyl (C=O) groups is 3. The molecule has 33 heavy (non-hydrogen) atoms. The topological polar surface area (TPSA) is 120 Å². The summed E-state index contributed by atoms with van der Waals surface area (Å²) >= 11 is 1.30. The van der Waals surface area contributed by atoms with Gasteiger partial charge in [0.1, 0.15) is 23.4 Å². The molecule has 0 aliphatic carbocycles. The van der Waals surface area contributed by atoms with Crippen molar-refractivity contribution in [3.05, 3.63) is 64.5 Å². The Bertz CT molecular complexity index is 1090. The summed E-state index contributed by atoms with van der Waals surface area (Å²) < 4.78 is 15.6. The summed E-state index contributed by atoms with van der Waals surface area (Å²) in [4.78, 5) is 41.5. The van der Waals surface area contributed by atoms with Gasteiger partial charge in [-0.3, -0.25) is 9.59 Å². The lowest BCUT2D eigenvalue weighted by molar-refractivity contribution is -0.148. The highest BCUT2D eigenvalue weighted by Gasteiger charge is 2.27. The average Bonchev–Trinajstić information content (AvgIpc) is 3.48. The predicted octanol–water partition coefficient (Wildman–Crippen LogP) is 3.42. The number of esters is 1. The minimum atomic E-state index is -0.840. The Labute approximate surface area is 195 Å². The summed E-state index contributed by atoms with van der Waals surface area (Å²) in [5.41, 5.74) is 1.10. The third-order valence-electron chi connectivity index (χ3n) is 4.61. The molecular formula is C23H25N3O6S. The summed E-state index contributed by atoms with van der Waals surface area (Å²) in [6.45, 7) is 3.54. The molecule has 0 fully saturated rings. The number of anilines is 1. The van der Waals surface area contributed by atoms with Crippen molar-refractivity contribution >= 4 is 34.8 Å². The fourth-order valence-corrected chi connectivity index (χ4v) is 3.71. The Morgan fingerprint density at radius 1 is 1.15 bits per heavy atom. The van der Waals surface area contributed by atoms with Crippen LogP contribution in [-0.2, 0) is 27.4 Å². The van der Waals surface area contributed by atoms with Crippen LogP contribution in [0.2, 0.25) is 0 Å². The van der Waals surface area contributed by atoms with Crippen molar-refractivity contribution in [1.82, 2.24) is 10.3 Å². The quantitative estimate of drug-likeness (QED) is 0.435. The second kappa shape index (κ2) is 11.3. The molecule has 2 amide bonds. The molecule has 2 aromatic heterocycles. The molecule has 174 valence electrons. The minimum absolute atomic E-state index is 0.0662. The molecule has 0 spiro atoms. The Kier molecular flexibility index (Phi) is 8.20. The van der Waals surface area contributed by atoms with Crippen LogP contribution in [0.3, 0.4) is 0 Å². The second-order valence-corrected chi connectivity index (χ2v) is 8.38. The number of thiazole rings is 1. The molecule has 0 aliphatic rings. The number of furan rings is 1. The van der Waals surface area contributed by atoms with Crippen molar-refractivity contribution in [3.63, 3.8) is 0 Å². The maximum absolute atomic E-state index is 12.5. The van der Waals surface area contributed by atoms with Gasteiger partial charge in [0, 0.05) is 5.38 Å². The highest BCUT2D eigenvalue weighted by molar-refractivity contribution is 7.09. The molecule has 0 bridgehead atoms. The van der Waals surface area contributed by atoms with Crippen molar-refractivity contribution in [1.29, 1.82) is 0 Å². The van der Waals surface area contributed by atoms with Crippen molar-refractivity contribution in [2.24, 2.45) is 5.92 Å². The molecule has 0 radical (unpaired) electrons. The van der Waals surface area contributed by atoms with E-state index in [2.05, 4.69) is 15.6 Å². The Morgan fingerprint density at radius 3 is 2.64 bits per heavy atom. The van der Waals surface area contributed by atoms with E-state index in [0.29, 0.717) is 22.1 Å². The van der Waals surface area contributed by atoms with Crippen LogP contribution in [0.25, 0.3) is 0 Å². The number of ether oxygens (including phenoxy) is 2. The number of carbonyl (C=O) groups excluding carboxylic acids is 3. The number of benzene rings is 1. The van der Waals surface area contributed by atoms with Crippen LogP contribution in [0.15, 0.2) is 52.5 Å². The molecule has 0 saturated heterocycles. The van der Waals surface area contributed by atoms with Crippen LogP contribution in [0.1, 0.15) is 35.1 Å². The number of nitrogens with one attached hydrogen (secondary N) is 2. The molecule has 2 heterocycles. The lowest BCUT2D eigenvalue weighted by atomic mass is 10.0. The zero-order valence-electron chi connectivity index (χ0n) is 18.5. The molecule has 0 saturated carbocycles. The number of aromatic nitrogens is 1. The Balaban J connectivity index is 1.52. The first kappa shape index (κ1) is 24.0. The van der Waals surface area contributed by atoms with E-state index in [-0.39, 0.29) is 30.6 Å². The fourth-order valence-electron chi connectivity index (χ4n) is 2.93. The monoisotopic (exact) mass is 471 g/mol. The van der Waals surface area contributed by atoms with Gasteiger partial charge in [0.05, 0.1) is 31.2 Å². The van der Waals surface area contributed by atoms with E-state index >= 15 is 0 Å². The first-order chi connectivity index (χ1) is 15.9. The van der Waals surface area contributed by atoms with Crippen molar-refractivity contribution in [3.8, 4) is 5.75 Å². The number of hydrogen-bond acceptors (Lipinski definition) is 8. The number of rotatable bonds is 10. The zero-order chi connectivity index (χ0) is 23.8. The van der Waals surface area contributed by atoms with E-state index in [1.165, 1.54) is 30.8 Å². The smallest absolute Gasteiger partial charge is 0.329 e. The van der Waals surface area contributed by atoms with Crippen molar-refractivity contribution in [2.45, 2.75) is 32.9 Å². The third kappa shape index (κ3) is 6.66. The molecular weight excluding hydrogens is 446 g/mol. The molecule has 10 heteroatoms. The van der Waals surface area contributed by atoms with Gasteiger partial charge in [-0.15, -0.1) is 11.3 Å². The summed E-state index contributed by atoms with van der Waals surface area (Å²) in [5.74, 6) is -0.819. The van der Waals surface area contributed by atoms with Crippen LogP contribution in [0, 0.1) is 5.92 Å². The van der Waals surface area contributed by atoms with Gasteiger partial charge in [0.2, 0.25) is 5.91 Å². The standard InChI is InChI=1S/C23H25N3O6S/c1-14(2)21(26-22(28)18-9-6-10-31-18)23(29)32-12-15-13-33-20(24-15)11-19(27)25-16-7-4-5-8-17(16)30-3/h4-10,13-14,21H,11-12H2,1-3H3,(H,25,27)(H,26,28)/t21-/m0/s1. The highest BCUT2D eigenvalue weighted by atomic mass is 32.1. The number of hydrogen-bond donors (Lipinski definition) is 2. The van der Waals surface area contributed by atoms with Crippen LogP contribution >= 0.6 is 11.3 Å². The van der Waals surface area contributed by atoms with Crippen molar-refractivity contribution in [2.75, 3.05) is 12.4 Å². The average molecular weight is 472 g/mol. The van der Waals surface area contributed by atoms with Crippen LogP contribution < -0.4 is 15.4 Å². The largest absolute Gasteiger partial charge is 0.495 e.